The Morgan fingerprint density at radius 3 is 2.62 bits per heavy atom. The third-order valence-electron chi connectivity index (χ3n) is 3.34. The van der Waals surface area contributed by atoms with E-state index in [-0.39, 0.29) is 5.91 Å². The predicted molar refractivity (Wildman–Crippen MR) is 92.7 cm³/mol. The van der Waals surface area contributed by atoms with E-state index in [4.69, 9.17) is 4.42 Å². The van der Waals surface area contributed by atoms with Gasteiger partial charge in [-0.15, -0.1) is 10.2 Å². The average molecular weight is 322 g/mol. The summed E-state index contributed by atoms with van der Waals surface area (Å²) >= 11 is 0. The third-order valence-corrected chi connectivity index (χ3v) is 3.34. The SMILES string of the molecule is CC(=O)Nc1cccc(NCCc2nnc(-c3ccccc3)o2)c1. The van der Waals surface area contributed by atoms with Crippen LogP contribution in [0.2, 0.25) is 0 Å². The fourth-order valence-electron chi connectivity index (χ4n) is 2.28. The van der Waals surface area contributed by atoms with Gasteiger partial charge in [0.05, 0.1) is 0 Å². The van der Waals surface area contributed by atoms with Gasteiger partial charge in [0.2, 0.25) is 17.7 Å². The number of hydrogen-bond donors (Lipinski definition) is 2. The average Bonchev–Trinajstić information content (AvgIpc) is 3.04. The maximum absolute atomic E-state index is 11.1. The van der Waals surface area contributed by atoms with Crippen molar-refractivity contribution >= 4 is 17.3 Å². The third kappa shape index (κ3) is 4.19. The van der Waals surface area contributed by atoms with E-state index in [1.54, 1.807) is 0 Å². The van der Waals surface area contributed by atoms with E-state index in [0.717, 1.165) is 16.9 Å². The Labute approximate surface area is 139 Å². The van der Waals surface area contributed by atoms with E-state index < -0.39 is 0 Å². The van der Waals surface area contributed by atoms with Crippen molar-refractivity contribution in [2.45, 2.75) is 13.3 Å². The Hall–Kier alpha value is -3.15. The van der Waals surface area contributed by atoms with Crippen LogP contribution >= 0.6 is 0 Å². The van der Waals surface area contributed by atoms with Crippen molar-refractivity contribution in [3.05, 3.63) is 60.5 Å². The van der Waals surface area contributed by atoms with Crippen molar-refractivity contribution in [2.24, 2.45) is 0 Å². The van der Waals surface area contributed by atoms with Gasteiger partial charge in [-0.1, -0.05) is 24.3 Å². The van der Waals surface area contributed by atoms with Crippen molar-refractivity contribution < 1.29 is 9.21 Å². The first-order chi connectivity index (χ1) is 11.7. The van der Waals surface area contributed by atoms with Crippen LogP contribution in [-0.4, -0.2) is 22.6 Å². The molecular weight excluding hydrogens is 304 g/mol. The highest BCUT2D eigenvalue weighted by Gasteiger charge is 2.07. The van der Waals surface area contributed by atoms with Gasteiger partial charge in [-0.2, -0.15) is 0 Å². The Kier molecular flexibility index (Phi) is 4.86. The Bertz CT molecular complexity index is 815. The molecule has 3 rings (SSSR count). The molecule has 0 unspecified atom stereocenters. The lowest BCUT2D eigenvalue weighted by Crippen LogP contribution is -2.08. The van der Waals surface area contributed by atoms with Gasteiger partial charge >= 0.3 is 0 Å². The smallest absolute Gasteiger partial charge is 0.247 e. The molecule has 0 atom stereocenters. The number of carbonyl (C=O) groups is 1. The van der Waals surface area contributed by atoms with E-state index in [2.05, 4.69) is 20.8 Å². The fourth-order valence-corrected chi connectivity index (χ4v) is 2.28. The Morgan fingerprint density at radius 2 is 1.83 bits per heavy atom. The minimum atomic E-state index is -0.0912. The van der Waals surface area contributed by atoms with Gasteiger partial charge in [-0.05, 0) is 30.3 Å². The van der Waals surface area contributed by atoms with Crippen molar-refractivity contribution in [2.75, 3.05) is 17.2 Å². The summed E-state index contributed by atoms with van der Waals surface area (Å²) in [4.78, 5) is 11.1. The second-order valence-corrected chi connectivity index (χ2v) is 5.31. The van der Waals surface area contributed by atoms with Gasteiger partial charge < -0.3 is 15.1 Å². The van der Waals surface area contributed by atoms with Gasteiger partial charge in [0.25, 0.3) is 0 Å². The number of anilines is 2. The van der Waals surface area contributed by atoms with Crippen LogP contribution in [-0.2, 0) is 11.2 Å². The highest BCUT2D eigenvalue weighted by atomic mass is 16.4. The Balaban J connectivity index is 1.55. The lowest BCUT2D eigenvalue weighted by molar-refractivity contribution is -0.114. The maximum Gasteiger partial charge on any atom is 0.247 e. The van der Waals surface area contributed by atoms with E-state index in [1.807, 2.05) is 54.6 Å². The van der Waals surface area contributed by atoms with Gasteiger partial charge in [-0.25, -0.2) is 0 Å². The van der Waals surface area contributed by atoms with Gasteiger partial charge in [-0.3, -0.25) is 4.79 Å². The summed E-state index contributed by atoms with van der Waals surface area (Å²) < 4.78 is 5.66. The van der Waals surface area contributed by atoms with Gasteiger partial charge in [0.1, 0.15) is 0 Å². The number of hydrogen-bond acceptors (Lipinski definition) is 5. The second kappa shape index (κ2) is 7.41. The summed E-state index contributed by atoms with van der Waals surface area (Å²) in [6, 6.07) is 17.2. The van der Waals surface area contributed by atoms with Crippen molar-refractivity contribution in [1.29, 1.82) is 0 Å². The number of nitrogens with one attached hydrogen (secondary N) is 2. The van der Waals surface area contributed by atoms with Crippen molar-refractivity contribution in [3.63, 3.8) is 0 Å². The lowest BCUT2D eigenvalue weighted by Gasteiger charge is -2.07. The summed E-state index contributed by atoms with van der Waals surface area (Å²) in [6.07, 6.45) is 0.615. The van der Waals surface area contributed by atoms with Crippen LogP contribution in [0.15, 0.2) is 59.0 Å². The molecule has 1 heterocycles. The number of carbonyl (C=O) groups excluding carboxylic acids is 1. The van der Waals surface area contributed by atoms with Crippen LogP contribution in [0.5, 0.6) is 0 Å². The highest BCUT2D eigenvalue weighted by molar-refractivity contribution is 5.89. The summed E-state index contributed by atoms with van der Waals surface area (Å²) in [5.41, 5.74) is 2.59. The molecular formula is C18H18N4O2. The molecule has 2 N–H and O–H groups in total. The molecule has 24 heavy (non-hydrogen) atoms. The molecule has 6 nitrogen and oxygen atoms in total. The first kappa shape index (κ1) is 15.7. The molecule has 0 radical (unpaired) electrons. The van der Waals surface area contributed by atoms with Crippen LogP contribution < -0.4 is 10.6 Å². The largest absolute Gasteiger partial charge is 0.421 e. The minimum Gasteiger partial charge on any atom is -0.421 e. The topological polar surface area (TPSA) is 80.0 Å². The first-order valence-corrected chi connectivity index (χ1v) is 7.70. The highest BCUT2D eigenvalue weighted by Crippen LogP contribution is 2.18. The molecule has 3 aromatic rings. The number of benzene rings is 2. The van der Waals surface area contributed by atoms with E-state index in [1.165, 1.54) is 6.92 Å². The monoisotopic (exact) mass is 322 g/mol. The summed E-state index contributed by atoms with van der Waals surface area (Å²) in [5.74, 6) is 1.02. The number of amides is 1. The molecule has 1 amide bonds. The molecule has 0 spiro atoms. The second-order valence-electron chi connectivity index (χ2n) is 5.31. The zero-order valence-corrected chi connectivity index (χ0v) is 13.3. The maximum atomic E-state index is 11.1. The molecule has 0 bridgehead atoms. The molecule has 6 heteroatoms. The molecule has 0 aliphatic carbocycles. The van der Waals surface area contributed by atoms with Crippen molar-refractivity contribution in [3.8, 4) is 11.5 Å². The lowest BCUT2D eigenvalue weighted by atomic mass is 10.2. The molecule has 0 fully saturated rings. The van der Waals surface area contributed by atoms with Crippen LogP contribution in [0, 0.1) is 0 Å². The molecule has 0 aliphatic heterocycles. The Morgan fingerprint density at radius 1 is 1.04 bits per heavy atom. The molecule has 0 saturated carbocycles. The minimum absolute atomic E-state index is 0.0912. The standard InChI is InChI=1S/C18H18N4O2/c1-13(23)20-16-9-5-8-15(12-16)19-11-10-17-21-22-18(24-17)14-6-3-2-4-7-14/h2-9,12,19H,10-11H2,1H3,(H,20,23). The van der Waals surface area contributed by atoms with E-state index >= 15 is 0 Å². The van der Waals surface area contributed by atoms with E-state index in [9.17, 15) is 4.79 Å². The zero-order chi connectivity index (χ0) is 16.8. The van der Waals surface area contributed by atoms with Gasteiger partial charge in [0, 0.05) is 36.8 Å². The molecule has 122 valence electrons. The molecule has 0 saturated heterocycles. The van der Waals surface area contributed by atoms with Crippen LogP contribution in [0.3, 0.4) is 0 Å². The van der Waals surface area contributed by atoms with E-state index in [0.29, 0.717) is 24.7 Å². The van der Waals surface area contributed by atoms with Gasteiger partial charge in [0.15, 0.2) is 0 Å². The predicted octanol–water partition coefficient (Wildman–Crippen LogP) is 3.35. The van der Waals surface area contributed by atoms with Crippen molar-refractivity contribution in [1.82, 2.24) is 10.2 Å². The molecule has 2 aromatic carbocycles. The number of nitrogens with zero attached hydrogens (tertiary/aromatic N) is 2. The number of rotatable bonds is 6. The van der Waals surface area contributed by atoms with Crippen LogP contribution in [0.1, 0.15) is 12.8 Å². The summed E-state index contributed by atoms with van der Waals surface area (Å²) in [6.45, 7) is 2.14. The zero-order valence-electron chi connectivity index (χ0n) is 13.3. The van der Waals surface area contributed by atoms with Crippen LogP contribution in [0.4, 0.5) is 11.4 Å². The van der Waals surface area contributed by atoms with Crippen LogP contribution in [0.25, 0.3) is 11.5 Å². The molecule has 0 aliphatic rings. The fraction of sp³-hybridized carbons (Fsp3) is 0.167. The quantitative estimate of drug-likeness (QED) is 0.727. The summed E-state index contributed by atoms with van der Waals surface area (Å²) in [5, 5.41) is 14.2. The number of aromatic nitrogens is 2. The first-order valence-electron chi connectivity index (χ1n) is 7.70. The normalized spacial score (nSPS) is 10.4. The molecule has 1 aromatic heterocycles. The summed E-state index contributed by atoms with van der Waals surface area (Å²) in [7, 11) is 0.